The number of benzene rings is 1. The second-order valence-corrected chi connectivity index (χ2v) is 8.37. The van der Waals surface area contributed by atoms with Crippen LogP contribution in [0.4, 0.5) is 15.9 Å². The molecular formula is C22H27ClFN3O. The summed E-state index contributed by atoms with van der Waals surface area (Å²) in [6.45, 7) is 0.600. The first-order chi connectivity index (χ1) is 13.6. The van der Waals surface area contributed by atoms with Crippen LogP contribution in [0, 0.1) is 5.82 Å². The van der Waals surface area contributed by atoms with Gasteiger partial charge in [-0.15, -0.1) is 0 Å². The minimum absolute atomic E-state index is 0.145. The number of pyridine rings is 1. The summed E-state index contributed by atoms with van der Waals surface area (Å²) in [6, 6.07) is 7.48. The van der Waals surface area contributed by atoms with Crippen molar-refractivity contribution in [1.29, 1.82) is 0 Å². The van der Waals surface area contributed by atoms with Crippen molar-refractivity contribution in [2.75, 3.05) is 24.3 Å². The highest BCUT2D eigenvalue weighted by Crippen LogP contribution is 2.39. The molecule has 0 radical (unpaired) electrons. The Morgan fingerprint density at radius 2 is 2.00 bits per heavy atom. The van der Waals surface area contributed by atoms with Crippen molar-refractivity contribution >= 4 is 23.1 Å². The van der Waals surface area contributed by atoms with E-state index < -0.39 is 0 Å². The van der Waals surface area contributed by atoms with Gasteiger partial charge in [-0.1, -0.05) is 36.9 Å². The van der Waals surface area contributed by atoms with Crippen LogP contribution < -0.4 is 10.6 Å². The minimum Gasteiger partial charge on any atom is -0.380 e. The van der Waals surface area contributed by atoms with Crippen molar-refractivity contribution in [1.82, 2.24) is 4.98 Å². The quantitative estimate of drug-likeness (QED) is 0.606. The topological polar surface area (TPSA) is 46.2 Å². The maximum absolute atomic E-state index is 14.3. The molecule has 28 heavy (non-hydrogen) atoms. The molecular weight excluding hydrogens is 377 g/mol. The van der Waals surface area contributed by atoms with Crippen LogP contribution in [0.25, 0.3) is 11.1 Å². The minimum atomic E-state index is -0.276. The molecule has 2 saturated carbocycles. The number of aromatic nitrogens is 1. The van der Waals surface area contributed by atoms with E-state index in [0.717, 1.165) is 29.8 Å². The summed E-state index contributed by atoms with van der Waals surface area (Å²) in [5.74, 6) is 0.544. The third-order valence-corrected chi connectivity index (χ3v) is 6.23. The Kier molecular flexibility index (Phi) is 5.74. The van der Waals surface area contributed by atoms with Crippen molar-refractivity contribution in [3.63, 3.8) is 0 Å². The van der Waals surface area contributed by atoms with Crippen molar-refractivity contribution in [2.45, 2.75) is 56.6 Å². The van der Waals surface area contributed by atoms with E-state index in [4.69, 9.17) is 16.3 Å². The zero-order chi connectivity index (χ0) is 19.6. The third-order valence-electron chi connectivity index (χ3n) is 5.93. The fourth-order valence-corrected chi connectivity index (χ4v) is 4.08. The summed E-state index contributed by atoms with van der Waals surface area (Å²) >= 11 is 6.42. The predicted molar refractivity (Wildman–Crippen MR) is 113 cm³/mol. The molecule has 0 aliphatic heterocycles. The number of rotatable bonds is 7. The van der Waals surface area contributed by atoms with Crippen LogP contribution in [0.15, 0.2) is 30.5 Å². The molecule has 2 aromatic rings. The lowest BCUT2D eigenvalue weighted by Crippen LogP contribution is -2.23. The van der Waals surface area contributed by atoms with E-state index >= 15 is 0 Å². The van der Waals surface area contributed by atoms with Crippen LogP contribution in [0.2, 0.25) is 5.02 Å². The first-order valence-electron chi connectivity index (χ1n) is 10.1. The van der Waals surface area contributed by atoms with Gasteiger partial charge in [-0.2, -0.15) is 0 Å². The standard InChI is InChI=1S/C22H27ClFN3O/c1-28-22(9-10-22)14-26-20-11-15(7-8-19(20)24)17-12-21(25-13-18(17)23)27-16-5-3-2-4-6-16/h7-8,11-13,16,26H,2-6,9-10,14H2,1H3,(H,25,27). The van der Waals surface area contributed by atoms with Crippen LogP contribution in [-0.4, -0.2) is 30.3 Å². The largest absolute Gasteiger partial charge is 0.380 e. The van der Waals surface area contributed by atoms with Gasteiger partial charge in [0, 0.05) is 31.5 Å². The highest BCUT2D eigenvalue weighted by molar-refractivity contribution is 6.33. The zero-order valence-corrected chi connectivity index (χ0v) is 17.0. The van der Waals surface area contributed by atoms with Crippen molar-refractivity contribution < 1.29 is 9.13 Å². The third kappa shape index (κ3) is 4.41. The second kappa shape index (κ2) is 8.26. The van der Waals surface area contributed by atoms with Gasteiger partial charge >= 0.3 is 0 Å². The van der Waals surface area contributed by atoms with Crippen molar-refractivity contribution in [3.8, 4) is 11.1 Å². The van der Waals surface area contributed by atoms with Gasteiger partial charge in [0.05, 0.1) is 16.3 Å². The molecule has 0 unspecified atom stereocenters. The molecule has 6 heteroatoms. The lowest BCUT2D eigenvalue weighted by atomic mass is 9.95. The number of nitrogens with zero attached hydrogens (tertiary/aromatic N) is 1. The summed E-state index contributed by atoms with van der Waals surface area (Å²) in [4.78, 5) is 4.44. The number of halogens is 2. The van der Waals surface area contributed by atoms with Gasteiger partial charge < -0.3 is 15.4 Å². The highest BCUT2D eigenvalue weighted by atomic mass is 35.5. The van der Waals surface area contributed by atoms with Gasteiger partial charge in [0.1, 0.15) is 11.6 Å². The lowest BCUT2D eigenvalue weighted by Gasteiger charge is -2.23. The molecule has 0 spiro atoms. The van der Waals surface area contributed by atoms with Crippen LogP contribution in [-0.2, 0) is 4.74 Å². The van der Waals surface area contributed by atoms with E-state index in [1.165, 1.54) is 38.2 Å². The molecule has 1 aromatic heterocycles. The Morgan fingerprint density at radius 1 is 1.21 bits per heavy atom. The van der Waals surface area contributed by atoms with Crippen LogP contribution in [0.3, 0.4) is 0 Å². The lowest BCUT2D eigenvalue weighted by molar-refractivity contribution is 0.0914. The van der Waals surface area contributed by atoms with Gasteiger partial charge in [0.15, 0.2) is 0 Å². The van der Waals surface area contributed by atoms with Crippen molar-refractivity contribution in [2.24, 2.45) is 0 Å². The molecule has 2 aliphatic carbocycles. The molecule has 0 atom stereocenters. The maximum atomic E-state index is 14.3. The average Bonchev–Trinajstić information content (AvgIpc) is 3.50. The number of nitrogens with one attached hydrogen (secondary N) is 2. The van der Waals surface area contributed by atoms with E-state index in [1.54, 1.807) is 19.4 Å². The Bertz CT molecular complexity index is 835. The summed E-state index contributed by atoms with van der Waals surface area (Å²) in [7, 11) is 1.71. The van der Waals surface area contributed by atoms with E-state index in [2.05, 4.69) is 15.6 Å². The van der Waals surface area contributed by atoms with Gasteiger partial charge in [0.25, 0.3) is 0 Å². The molecule has 0 amide bonds. The van der Waals surface area contributed by atoms with E-state index in [0.29, 0.717) is 23.3 Å². The molecule has 1 aromatic carbocycles. The molecule has 4 nitrogen and oxygen atoms in total. The molecule has 2 aliphatic rings. The second-order valence-electron chi connectivity index (χ2n) is 7.96. The smallest absolute Gasteiger partial charge is 0.146 e. The Morgan fingerprint density at radius 3 is 2.71 bits per heavy atom. The van der Waals surface area contributed by atoms with E-state index in [9.17, 15) is 4.39 Å². The molecule has 150 valence electrons. The first-order valence-corrected chi connectivity index (χ1v) is 10.5. The van der Waals surface area contributed by atoms with Crippen LogP contribution >= 0.6 is 11.6 Å². The van der Waals surface area contributed by atoms with Crippen LogP contribution in [0.1, 0.15) is 44.9 Å². The Hall–Kier alpha value is -1.85. The summed E-state index contributed by atoms with van der Waals surface area (Å²) in [6.07, 6.45) is 9.85. The normalized spacial score (nSPS) is 18.7. The van der Waals surface area contributed by atoms with Gasteiger partial charge in [-0.05, 0) is 49.4 Å². The van der Waals surface area contributed by atoms with Gasteiger partial charge in [-0.3, -0.25) is 0 Å². The van der Waals surface area contributed by atoms with Crippen LogP contribution in [0.5, 0.6) is 0 Å². The Balaban J connectivity index is 1.54. The molecule has 1 heterocycles. The zero-order valence-electron chi connectivity index (χ0n) is 16.2. The summed E-state index contributed by atoms with van der Waals surface area (Å²) in [5.41, 5.74) is 2.04. The fraction of sp³-hybridized carbons (Fsp3) is 0.500. The number of ether oxygens (including phenoxy) is 1. The maximum Gasteiger partial charge on any atom is 0.146 e. The number of hydrogen-bond donors (Lipinski definition) is 2. The highest BCUT2D eigenvalue weighted by Gasteiger charge is 2.42. The van der Waals surface area contributed by atoms with Gasteiger partial charge in [0.2, 0.25) is 0 Å². The molecule has 2 N–H and O–H groups in total. The molecule has 0 saturated heterocycles. The predicted octanol–water partition coefficient (Wildman–Crippen LogP) is 5.88. The van der Waals surface area contributed by atoms with Gasteiger partial charge in [-0.25, -0.2) is 9.37 Å². The van der Waals surface area contributed by atoms with E-state index in [1.807, 2.05) is 12.1 Å². The SMILES string of the molecule is COC1(CNc2cc(-c3cc(NC4CCCCC4)ncc3Cl)ccc2F)CC1. The summed E-state index contributed by atoms with van der Waals surface area (Å²) in [5, 5.41) is 7.29. The van der Waals surface area contributed by atoms with E-state index in [-0.39, 0.29) is 11.4 Å². The average molecular weight is 404 g/mol. The number of anilines is 2. The molecule has 4 rings (SSSR count). The first kappa shape index (κ1) is 19.5. The van der Waals surface area contributed by atoms with Crippen molar-refractivity contribution in [3.05, 3.63) is 41.3 Å². The molecule has 2 fully saturated rings. The summed E-state index contributed by atoms with van der Waals surface area (Å²) < 4.78 is 19.8. The molecule has 0 bridgehead atoms. The number of methoxy groups -OCH3 is 1. The fourth-order valence-electron chi connectivity index (χ4n) is 3.87. The Labute approximate surface area is 170 Å². The number of hydrogen-bond acceptors (Lipinski definition) is 4. The monoisotopic (exact) mass is 403 g/mol.